The van der Waals surface area contributed by atoms with Gasteiger partial charge in [0.25, 0.3) is 0 Å². The number of nitrogens with zero attached hydrogens (tertiary/aromatic N) is 2. The van der Waals surface area contributed by atoms with Crippen molar-refractivity contribution in [3.05, 3.63) is 64.1 Å². The zero-order valence-electron chi connectivity index (χ0n) is 11.7. The van der Waals surface area contributed by atoms with Crippen molar-refractivity contribution < 1.29 is 9.47 Å². The third kappa shape index (κ3) is 3.51. The molecule has 1 aromatic heterocycles. The number of aromatic nitrogens is 1. The maximum atomic E-state index is 10.6. The number of pyridine rings is 1. The summed E-state index contributed by atoms with van der Waals surface area (Å²) < 4.78 is 10.4. The highest BCUT2D eigenvalue weighted by atomic mass is 16.5. The monoisotopic (exact) mass is 282 g/mol. The van der Waals surface area contributed by atoms with E-state index >= 15 is 0 Å². The molecule has 21 heavy (non-hydrogen) atoms. The van der Waals surface area contributed by atoms with E-state index in [2.05, 4.69) is 16.1 Å². The van der Waals surface area contributed by atoms with Gasteiger partial charge in [0.2, 0.25) is 0 Å². The molecule has 2 aromatic rings. The zero-order chi connectivity index (χ0) is 15.1. The first kappa shape index (κ1) is 14.4. The van der Waals surface area contributed by atoms with Crippen LogP contribution in [-0.2, 0) is 0 Å². The summed E-state index contributed by atoms with van der Waals surface area (Å²) in [6.45, 7) is 0. The second-order valence-electron chi connectivity index (χ2n) is 4.11. The summed E-state index contributed by atoms with van der Waals surface area (Å²) in [5.41, 5.74) is 2.20. The van der Waals surface area contributed by atoms with Crippen molar-refractivity contribution in [3.8, 4) is 17.6 Å². The van der Waals surface area contributed by atoms with Gasteiger partial charge in [0.15, 0.2) is 11.5 Å². The molecule has 5 heteroatoms. The SMILES string of the molecule is COc1ccc(C(C#[N+][O-])=Cc2ccncc2)cc1OC. The standard InChI is InChI=1S/C16H14N2O3/c1-20-15-4-3-13(10-16(15)21-2)14(11-18-19)9-12-5-7-17-8-6-12/h3-10H,1-2H3. The lowest BCUT2D eigenvalue weighted by Gasteiger charge is -2.08. The Bertz CT molecular complexity index is 700. The largest absolute Gasteiger partial charge is 0.498 e. The summed E-state index contributed by atoms with van der Waals surface area (Å²) in [6, 6.07) is 11.4. The van der Waals surface area contributed by atoms with Gasteiger partial charge in [0.1, 0.15) is 5.57 Å². The second kappa shape index (κ2) is 6.96. The number of hydrogen-bond donors (Lipinski definition) is 0. The lowest BCUT2D eigenvalue weighted by atomic mass is 10.0. The van der Waals surface area contributed by atoms with E-state index in [9.17, 15) is 5.21 Å². The van der Waals surface area contributed by atoms with Gasteiger partial charge in [0.05, 0.1) is 14.2 Å². The molecule has 0 N–H and O–H groups in total. The van der Waals surface area contributed by atoms with E-state index in [0.29, 0.717) is 17.1 Å². The quantitative estimate of drug-likeness (QED) is 0.636. The smallest absolute Gasteiger partial charge is 0.337 e. The maximum absolute atomic E-state index is 10.6. The molecular formula is C16H14N2O3. The molecule has 5 nitrogen and oxygen atoms in total. The Morgan fingerprint density at radius 1 is 1.14 bits per heavy atom. The molecule has 2 rings (SSSR count). The Kier molecular flexibility index (Phi) is 4.78. The lowest BCUT2D eigenvalue weighted by Crippen LogP contribution is -1.92. The van der Waals surface area contributed by atoms with Crippen molar-refractivity contribution in [2.24, 2.45) is 0 Å². The van der Waals surface area contributed by atoms with E-state index < -0.39 is 0 Å². The van der Waals surface area contributed by atoms with Crippen molar-refractivity contribution in [3.63, 3.8) is 0 Å². The van der Waals surface area contributed by atoms with Gasteiger partial charge in [-0.3, -0.25) is 4.98 Å². The van der Waals surface area contributed by atoms with Crippen molar-refractivity contribution in [2.45, 2.75) is 0 Å². The molecule has 106 valence electrons. The summed E-state index contributed by atoms with van der Waals surface area (Å²) in [7, 11) is 3.12. The predicted octanol–water partition coefficient (Wildman–Crippen LogP) is 3.47. The molecule has 0 saturated heterocycles. The first-order valence-electron chi connectivity index (χ1n) is 6.21. The fraction of sp³-hybridized carbons (Fsp3) is 0.125. The molecule has 0 aliphatic heterocycles. The first-order chi connectivity index (χ1) is 10.3. The Balaban J connectivity index is 2.48. The number of ether oxygens (including phenoxy) is 2. The topological polar surface area (TPSA) is 58.8 Å². The van der Waals surface area contributed by atoms with Gasteiger partial charge in [-0.05, 0) is 42.0 Å². The van der Waals surface area contributed by atoms with Gasteiger partial charge < -0.3 is 14.7 Å². The van der Waals surface area contributed by atoms with Crippen molar-refractivity contribution in [2.75, 3.05) is 14.2 Å². The third-order valence-corrected chi connectivity index (χ3v) is 2.88. The number of methoxy groups -OCH3 is 2. The normalized spacial score (nSPS) is 10.5. The van der Waals surface area contributed by atoms with Crippen LogP contribution in [0.15, 0.2) is 42.7 Å². The van der Waals surface area contributed by atoms with Gasteiger partial charge >= 0.3 is 6.07 Å². The highest BCUT2D eigenvalue weighted by molar-refractivity contribution is 5.91. The van der Waals surface area contributed by atoms with E-state index in [1.807, 2.05) is 18.2 Å². The molecule has 0 bridgehead atoms. The van der Waals surface area contributed by atoms with Gasteiger partial charge in [-0.15, -0.1) is 0 Å². The average Bonchev–Trinajstić information content (AvgIpc) is 2.54. The van der Waals surface area contributed by atoms with Crippen molar-refractivity contribution >= 4 is 11.6 Å². The molecule has 1 heterocycles. The highest BCUT2D eigenvalue weighted by Gasteiger charge is 2.10. The molecule has 0 fully saturated rings. The summed E-state index contributed by atoms with van der Waals surface area (Å²) >= 11 is 0. The van der Waals surface area contributed by atoms with Crippen LogP contribution in [0.25, 0.3) is 16.7 Å². The Morgan fingerprint density at radius 3 is 2.48 bits per heavy atom. The molecule has 0 amide bonds. The van der Waals surface area contributed by atoms with Gasteiger partial charge in [-0.2, -0.15) is 0 Å². The molecule has 0 atom stereocenters. The van der Waals surface area contributed by atoms with E-state index in [-0.39, 0.29) is 0 Å². The highest BCUT2D eigenvalue weighted by Crippen LogP contribution is 2.30. The minimum Gasteiger partial charge on any atom is -0.498 e. The summed E-state index contributed by atoms with van der Waals surface area (Å²) in [4.78, 5) is 3.95. The fourth-order valence-corrected chi connectivity index (χ4v) is 1.86. The number of rotatable bonds is 4. The molecule has 0 radical (unpaired) electrons. The summed E-state index contributed by atoms with van der Waals surface area (Å²) in [5.74, 6) is 1.19. The van der Waals surface area contributed by atoms with Crippen molar-refractivity contribution in [1.29, 1.82) is 0 Å². The minimum atomic E-state index is 0.553. The lowest BCUT2D eigenvalue weighted by molar-refractivity contribution is 0.355. The number of allylic oxidation sites excluding steroid dienone is 1. The van der Waals surface area contributed by atoms with Crippen LogP contribution in [0.5, 0.6) is 11.5 Å². The van der Waals surface area contributed by atoms with Crippen LogP contribution < -0.4 is 9.47 Å². The van der Waals surface area contributed by atoms with Gasteiger partial charge in [-0.25, -0.2) is 0 Å². The minimum absolute atomic E-state index is 0.553. The maximum Gasteiger partial charge on any atom is 0.337 e. The average molecular weight is 282 g/mol. The molecule has 0 aliphatic rings. The van der Waals surface area contributed by atoms with Gasteiger partial charge in [-0.1, -0.05) is 0 Å². The van der Waals surface area contributed by atoms with Crippen LogP contribution in [0.2, 0.25) is 0 Å². The van der Waals surface area contributed by atoms with E-state index in [1.54, 1.807) is 44.8 Å². The fourth-order valence-electron chi connectivity index (χ4n) is 1.86. The van der Waals surface area contributed by atoms with Crippen LogP contribution in [0.1, 0.15) is 11.1 Å². The first-order valence-corrected chi connectivity index (χ1v) is 6.21. The van der Waals surface area contributed by atoms with Crippen LogP contribution >= 0.6 is 0 Å². The van der Waals surface area contributed by atoms with E-state index in [4.69, 9.17) is 9.47 Å². The molecule has 0 unspecified atom stereocenters. The van der Waals surface area contributed by atoms with E-state index in [0.717, 1.165) is 11.1 Å². The van der Waals surface area contributed by atoms with Crippen LogP contribution in [-0.4, -0.2) is 19.2 Å². The summed E-state index contributed by atoms with van der Waals surface area (Å²) in [5, 5.41) is 13.3. The molecular weight excluding hydrogens is 268 g/mol. The Hall–Kier alpha value is -3.00. The second-order valence-corrected chi connectivity index (χ2v) is 4.11. The Labute approximate surface area is 122 Å². The molecule has 0 spiro atoms. The van der Waals surface area contributed by atoms with E-state index in [1.165, 1.54) is 0 Å². The van der Waals surface area contributed by atoms with Crippen LogP contribution in [0, 0.1) is 11.3 Å². The zero-order valence-corrected chi connectivity index (χ0v) is 11.7. The van der Waals surface area contributed by atoms with Crippen LogP contribution in [0.3, 0.4) is 0 Å². The molecule has 1 aromatic carbocycles. The Morgan fingerprint density at radius 2 is 1.86 bits per heavy atom. The number of benzene rings is 1. The van der Waals surface area contributed by atoms with Crippen LogP contribution in [0.4, 0.5) is 0 Å². The number of hydrogen-bond acceptors (Lipinski definition) is 4. The summed E-state index contributed by atoms with van der Waals surface area (Å²) in [6.07, 6.45) is 5.14. The predicted molar refractivity (Wildman–Crippen MR) is 82.3 cm³/mol. The molecule has 0 saturated carbocycles. The van der Waals surface area contributed by atoms with Crippen molar-refractivity contribution in [1.82, 2.24) is 4.98 Å². The van der Waals surface area contributed by atoms with Gasteiger partial charge in [0, 0.05) is 23.0 Å². The molecule has 0 aliphatic carbocycles. The third-order valence-electron chi connectivity index (χ3n) is 2.88.